The van der Waals surface area contributed by atoms with Crippen LogP contribution in [0.25, 0.3) is 10.9 Å². The van der Waals surface area contributed by atoms with Crippen molar-refractivity contribution < 1.29 is 19.4 Å². The van der Waals surface area contributed by atoms with E-state index >= 15 is 0 Å². The summed E-state index contributed by atoms with van der Waals surface area (Å²) in [5, 5.41) is 11.1. The van der Waals surface area contributed by atoms with Gasteiger partial charge < -0.3 is 14.6 Å². The Kier molecular flexibility index (Phi) is 5.94. The average molecular weight is 447 g/mol. The van der Waals surface area contributed by atoms with Crippen molar-refractivity contribution in [2.24, 2.45) is 11.8 Å². The summed E-state index contributed by atoms with van der Waals surface area (Å²) < 4.78 is 10.8. The molecule has 0 spiro atoms. The molecule has 3 aromatic rings. The molecule has 172 valence electrons. The van der Waals surface area contributed by atoms with Gasteiger partial charge in [0.1, 0.15) is 11.3 Å². The number of aromatic nitrogens is 1. The van der Waals surface area contributed by atoms with E-state index in [0.29, 0.717) is 22.9 Å². The third-order valence-electron chi connectivity index (χ3n) is 7.27. The van der Waals surface area contributed by atoms with Gasteiger partial charge >= 0.3 is 0 Å². The number of hydrogen-bond acceptors (Lipinski definition) is 6. The van der Waals surface area contributed by atoms with Crippen LogP contribution in [0.2, 0.25) is 0 Å². The number of methoxy groups -OCH3 is 2. The summed E-state index contributed by atoms with van der Waals surface area (Å²) in [4.78, 5) is 19.9. The van der Waals surface area contributed by atoms with Crippen LogP contribution in [0.4, 0.5) is 0 Å². The Morgan fingerprint density at radius 2 is 1.85 bits per heavy atom. The predicted octanol–water partition coefficient (Wildman–Crippen LogP) is 4.61. The Bertz CT molecular complexity index is 1180. The molecule has 0 bridgehead atoms. The Hall–Kier alpha value is -3.12. The van der Waals surface area contributed by atoms with Gasteiger partial charge in [0, 0.05) is 29.6 Å². The molecule has 5 rings (SSSR count). The second-order valence-electron chi connectivity index (χ2n) is 9.23. The van der Waals surface area contributed by atoms with E-state index < -0.39 is 0 Å². The maximum atomic E-state index is 13.1. The van der Waals surface area contributed by atoms with E-state index in [1.54, 1.807) is 26.5 Å². The predicted molar refractivity (Wildman–Crippen MR) is 127 cm³/mol. The van der Waals surface area contributed by atoms with Gasteiger partial charge in [-0.1, -0.05) is 12.1 Å². The Labute approximate surface area is 194 Å². The number of nitrogens with zero attached hydrogens (tertiary/aromatic N) is 2. The number of ketones is 1. The molecule has 1 aromatic heterocycles. The van der Waals surface area contributed by atoms with Gasteiger partial charge in [0.05, 0.1) is 14.2 Å². The molecule has 2 aliphatic rings. The van der Waals surface area contributed by atoms with Gasteiger partial charge in [-0.3, -0.25) is 14.7 Å². The quantitative estimate of drug-likeness (QED) is 0.596. The van der Waals surface area contributed by atoms with Crippen molar-refractivity contribution in [1.82, 2.24) is 9.88 Å². The zero-order valence-electron chi connectivity index (χ0n) is 19.2. The molecule has 1 saturated heterocycles. The van der Waals surface area contributed by atoms with E-state index in [1.165, 1.54) is 5.56 Å². The Morgan fingerprint density at radius 1 is 1.09 bits per heavy atom. The van der Waals surface area contributed by atoms with Crippen LogP contribution >= 0.6 is 0 Å². The lowest BCUT2D eigenvalue weighted by Crippen LogP contribution is -2.34. The average Bonchev–Trinajstić information content (AvgIpc) is 3.14. The minimum atomic E-state index is 0.0560. The van der Waals surface area contributed by atoms with Crippen LogP contribution in [0.5, 0.6) is 17.2 Å². The van der Waals surface area contributed by atoms with E-state index in [-0.39, 0.29) is 17.5 Å². The molecule has 2 aromatic carbocycles. The van der Waals surface area contributed by atoms with Crippen molar-refractivity contribution in [1.29, 1.82) is 0 Å². The highest BCUT2D eigenvalue weighted by molar-refractivity contribution is 6.03. The van der Waals surface area contributed by atoms with Crippen LogP contribution in [-0.4, -0.2) is 48.1 Å². The van der Waals surface area contributed by atoms with Crippen LogP contribution in [0, 0.1) is 11.8 Å². The fourth-order valence-electron chi connectivity index (χ4n) is 5.47. The molecule has 1 fully saturated rings. The number of carbonyl (C=O) groups excluding carboxylic acids is 1. The lowest BCUT2D eigenvalue weighted by molar-refractivity contribution is 0.0895. The fourth-order valence-corrected chi connectivity index (χ4v) is 5.47. The van der Waals surface area contributed by atoms with Crippen LogP contribution in [0.3, 0.4) is 0 Å². The highest BCUT2D eigenvalue weighted by Gasteiger charge is 2.34. The number of rotatable bonds is 6. The zero-order chi connectivity index (χ0) is 22.9. The summed E-state index contributed by atoms with van der Waals surface area (Å²) in [6.07, 6.45) is 5.71. The monoisotopic (exact) mass is 446 g/mol. The number of para-hydroxylation sites is 1. The molecule has 6 heteroatoms. The number of benzene rings is 2. The molecular weight excluding hydrogens is 416 g/mol. The van der Waals surface area contributed by atoms with Crippen molar-refractivity contribution in [3.05, 3.63) is 59.3 Å². The highest BCUT2D eigenvalue weighted by Crippen LogP contribution is 2.39. The molecule has 0 amide bonds. The maximum Gasteiger partial charge on any atom is 0.166 e. The van der Waals surface area contributed by atoms with Crippen molar-refractivity contribution in [2.45, 2.75) is 32.2 Å². The third-order valence-corrected chi connectivity index (χ3v) is 7.27. The summed E-state index contributed by atoms with van der Waals surface area (Å²) in [6, 6.07) is 11.4. The summed E-state index contributed by atoms with van der Waals surface area (Å²) in [6.45, 7) is 2.88. The normalized spacial score (nSPS) is 19.1. The van der Waals surface area contributed by atoms with Gasteiger partial charge in [-0.15, -0.1) is 0 Å². The first-order chi connectivity index (χ1) is 16.1. The number of likely N-dealkylation sites (tertiary alicyclic amines) is 1. The minimum absolute atomic E-state index is 0.0560. The SMILES string of the molecule is COc1cc2c(cc1OC)C(=O)C(CC1CCN(Cc3ccnc4c(O)cccc34)CC1)C2. The van der Waals surface area contributed by atoms with Gasteiger partial charge in [-0.25, -0.2) is 0 Å². The maximum absolute atomic E-state index is 13.1. The number of piperidine rings is 1. The highest BCUT2D eigenvalue weighted by atomic mass is 16.5. The Balaban J connectivity index is 1.20. The largest absolute Gasteiger partial charge is 0.506 e. The topological polar surface area (TPSA) is 71.9 Å². The van der Waals surface area contributed by atoms with E-state index in [1.807, 2.05) is 30.3 Å². The van der Waals surface area contributed by atoms with Gasteiger partial charge in [0.2, 0.25) is 0 Å². The second kappa shape index (κ2) is 9.02. The number of pyridine rings is 1. The van der Waals surface area contributed by atoms with Crippen molar-refractivity contribution >= 4 is 16.7 Å². The number of carbonyl (C=O) groups is 1. The zero-order valence-corrected chi connectivity index (χ0v) is 19.2. The molecule has 33 heavy (non-hydrogen) atoms. The van der Waals surface area contributed by atoms with E-state index in [4.69, 9.17) is 9.47 Å². The summed E-state index contributed by atoms with van der Waals surface area (Å²) in [7, 11) is 3.23. The van der Waals surface area contributed by atoms with Gasteiger partial charge in [-0.2, -0.15) is 0 Å². The van der Waals surface area contributed by atoms with E-state index in [2.05, 4.69) is 9.88 Å². The molecule has 0 saturated carbocycles. The number of phenolic OH excluding ortho intramolecular Hbond substituents is 1. The Morgan fingerprint density at radius 3 is 2.61 bits per heavy atom. The summed E-state index contributed by atoms with van der Waals surface area (Å²) in [5.41, 5.74) is 3.73. The molecule has 1 N–H and O–H groups in total. The molecular formula is C27H30N2O4. The third kappa shape index (κ3) is 4.15. The first kappa shape index (κ1) is 21.7. The molecule has 2 heterocycles. The van der Waals surface area contributed by atoms with Gasteiger partial charge in [0.25, 0.3) is 0 Å². The summed E-state index contributed by atoms with van der Waals surface area (Å²) in [5.74, 6) is 2.40. The lowest BCUT2D eigenvalue weighted by Gasteiger charge is -2.33. The molecule has 1 atom stereocenters. The van der Waals surface area contributed by atoms with Crippen LogP contribution in [0.1, 0.15) is 40.7 Å². The van der Waals surface area contributed by atoms with E-state index in [0.717, 1.165) is 61.8 Å². The molecule has 1 aliphatic heterocycles. The molecule has 1 aliphatic carbocycles. The molecule has 0 radical (unpaired) electrons. The fraction of sp³-hybridized carbons (Fsp3) is 0.407. The van der Waals surface area contributed by atoms with Crippen molar-refractivity contribution in [2.75, 3.05) is 27.3 Å². The van der Waals surface area contributed by atoms with Crippen molar-refractivity contribution in [3.63, 3.8) is 0 Å². The van der Waals surface area contributed by atoms with E-state index in [9.17, 15) is 9.90 Å². The van der Waals surface area contributed by atoms with Gasteiger partial charge in [-0.05, 0) is 80.1 Å². The second-order valence-corrected chi connectivity index (χ2v) is 9.23. The minimum Gasteiger partial charge on any atom is -0.506 e. The van der Waals surface area contributed by atoms with Crippen LogP contribution in [-0.2, 0) is 13.0 Å². The van der Waals surface area contributed by atoms with Gasteiger partial charge in [0.15, 0.2) is 17.3 Å². The van der Waals surface area contributed by atoms with Crippen LogP contribution in [0.15, 0.2) is 42.6 Å². The first-order valence-corrected chi connectivity index (χ1v) is 11.6. The standard InChI is InChI=1S/C27H30N2O4/c1-32-24-14-19-13-20(27(31)22(19)15-25(24)33-2)12-17-7-10-29(11-8-17)16-18-6-9-28-26-21(18)4-3-5-23(26)30/h3-6,9,14-15,17,20,30H,7-8,10-13,16H2,1-2H3. The molecule has 6 nitrogen and oxygen atoms in total. The smallest absolute Gasteiger partial charge is 0.166 e. The number of ether oxygens (including phenoxy) is 2. The summed E-state index contributed by atoms with van der Waals surface area (Å²) >= 11 is 0. The number of aromatic hydroxyl groups is 1. The first-order valence-electron chi connectivity index (χ1n) is 11.6. The molecule has 1 unspecified atom stereocenters. The van der Waals surface area contributed by atoms with Crippen molar-refractivity contribution in [3.8, 4) is 17.2 Å². The van der Waals surface area contributed by atoms with Crippen LogP contribution < -0.4 is 9.47 Å². The number of fused-ring (bicyclic) bond motifs is 2. The number of phenols is 1. The number of hydrogen-bond donors (Lipinski definition) is 1. The lowest BCUT2D eigenvalue weighted by atomic mass is 9.85. The number of Topliss-reactive ketones (excluding diaryl/α,β-unsaturated/α-hetero) is 1.